The van der Waals surface area contributed by atoms with E-state index in [1.807, 2.05) is 60.7 Å². The first kappa shape index (κ1) is 30.9. The Kier molecular flexibility index (Phi) is 9.37. The minimum atomic E-state index is -0.556. The minimum absolute atomic E-state index is 0.0133. The molecule has 4 aromatic rings. The van der Waals surface area contributed by atoms with Gasteiger partial charge in [0.05, 0.1) is 36.0 Å². The molecule has 0 saturated carbocycles. The van der Waals surface area contributed by atoms with Crippen molar-refractivity contribution in [3.63, 3.8) is 0 Å². The molecule has 0 unspecified atom stereocenters. The SMILES string of the molecule is C[C@@H]1[C@H](CN2CCC[C@H]2CN2CCCC2)O[C@H](c2ccc(NC(=O)c3cnc4ccccc4n3)cc2)O[C@@H]1c1ccc(CO)cc1. The molecule has 46 heavy (non-hydrogen) atoms. The number of aliphatic hydroxyl groups is 1. The van der Waals surface area contributed by atoms with Gasteiger partial charge < -0.3 is 24.8 Å². The molecule has 4 heterocycles. The van der Waals surface area contributed by atoms with Crippen molar-refractivity contribution in [1.29, 1.82) is 0 Å². The maximum atomic E-state index is 13.0. The number of hydrogen-bond donors (Lipinski definition) is 2. The molecule has 3 saturated heterocycles. The molecular formula is C37H43N5O4. The van der Waals surface area contributed by atoms with Crippen molar-refractivity contribution in [2.75, 3.05) is 38.0 Å². The van der Waals surface area contributed by atoms with Gasteiger partial charge >= 0.3 is 0 Å². The Bertz CT molecular complexity index is 1630. The molecule has 3 aliphatic heterocycles. The van der Waals surface area contributed by atoms with Crippen molar-refractivity contribution < 1.29 is 19.4 Å². The van der Waals surface area contributed by atoms with Crippen LogP contribution in [0.3, 0.4) is 0 Å². The molecule has 2 N–H and O–H groups in total. The van der Waals surface area contributed by atoms with Crippen molar-refractivity contribution in [3.05, 3.63) is 101 Å². The molecule has 1 amide bonds. The van der Waals surface area contributed by atoms with Crippen molar-refractivity contribution in [3.8, 4) is 0 Å². The van der Waals surface area contributed by atoms with E-state index in [1.165, 1.54) is 45.0 Å². The number of rotatable bonds is 9. The number of hydrogen-bond acceptors (Lipinski definition) is 8. The summed E-state index contributed by atoms with van der Waals surface area (Å²) >= 11 is 0. The molecule has 7 rings (SSSR count). The first-order valence-corrected chi connectivity index (χ1v) is 16.6. The van der Waals surface area contributed by atoms with Gasteiger partial charge in [-0.15, -0.1) is 0 Å². The Morgan fingerprint density at radius 3 is 2.39 bits per heavy atom. The molecule has 0 bridgehead atoms. The lowest BCUT2D eigenvalue weighted by atomic mass is 9.90. The second kappa shape index (κ2) is 13.9. The number of nitrogens with zero attached hydrogens (tertiary/aromatic N) is 4. The van der Waals surface area contributed by atoms with Gasteiger partial charge in [0.2, 0.25) is 0 Å². The van der Waals surface area contributed by atoms with Gasteiger partial charge in [0.15, 0.2) is 6.29 Å². The van der Waals surface area contributed by atoms with E-state index in [9.17, 15) is 9.90 Å². The summed E-state index contributed by atoms with van der Waals surface area (Å²) in [6.07, 6.45) is 5.84. The second-order valence-corrected chi connectivity index (χ2v) is 12.9. The number of benzene rings is 3. The van der Waals surface area contributed by atoms with E-state index >= 15 is 0 Å². The zero-order valence-electron chi connectivity index (χ0n) is 26.4. The van der Waals surface area contributed by atoms with E-state index in [1.54, 1.807) is 0 Å². The average Bonchev–Trinajstić information content (AvgIpc) is 3.78. The van der Waals surface area contributed by atoms with Crippen LogP contribution in [0.25, 0.3) is 11.0 Å². The van der Waals surface area contributed by atoms with Gasteiger partial charge in [-0.25, -0.2) is 4.98 Å². The molecule has 9 nitrogen and oxygen atoms in total. The Labute approximate surface area is 270 Å². The van der Waals surface area contributed by atoms with Crippen LogP contribution in [0.1, 0.15) is 72.2 Å². The van der Waals surface area contributed by atoms with Gasteiger partial charge in [-0.3, -0.25) is 14.7 Å². The van der Waals surface area contributed by atoms with Crippen molar-refractivity contribution in [2.24, 2.45) is 5.92 Å². The van der Waals surface area contributed by atoms with Crippen molar-refractivity contribution in [2.45, 2.75) is 63.8 Å². The average molecular weight is 622 g/mol. The van der Waals surface area contributed by atoms with Crippen LogP contribution in [0.5, 0.6) is 0 Å². The quantitative estimate of drug-likeness (QED) is 0.245. The van der Waals surface area contributed by atoms with Crippen molar-refractivity contribution >= 4 is 22.6 Å². The molecule has 0 spiro atoms. The monoisotopic (exact) mass is 621 g/mol. The summed E-state index contributed by atoms with van der Waals surface area (Å²) in [5, 5.41) is 12.5. The largest absolute Gasteiger partial charge is 0.392 e. The number of para-hydroxylation sites is 2. The summed E-state index contributed by atoms with van der Waals surface area (Å²) in [7, 11) is 0. The maximum absolute atomic E-state index is 13.0. The zero-order valence-corrected chi connectivity index (χ0v) is 26.4. The van der Waals surface area contributed by atoms with Crippen LogP contribution in [0, 0.1) is 5.92 Å². The number of nitrogens with one attached hydrogen (secondary N) is 1. The van der Waals surface area contributed by atoms with Gasteiger partial charge in [0.25, 0.3) is 5.91 Å². The molecular weight excluding hydrogens is 578 g/mol. The third kappa shape index (κ3) is 6.84. The number of likely N-dealkylation sites (tertiary alicyclic amines) is 2. The highest BCUT2D eigenvalue weighted by Crippen LogP contribution is 2.42. The molecule has 3 aliphatic rings. The third-order valence-corrected chi connectivity index (χ3v) is 9.83. The van der Waals surface area contributed by atoms with E-state index in [0.717, 1.165) is 41.8 Å². The van der Waals surface area contributed by atoms with Gasteiger partial charge in [-0.1, -0.05) is 55.5 Å². The fourth-order valence-electron chi connectivity index (χ4n) is 7.15. The molecule has 5 atom stereocenters. The number of fused-ring (bicyclic) bond motifs is 1. The number of amides is 1. The van der Waals surface area contributed by atoms with Crippen LogP contribution >= 0.6 is 0 Å². The Hall–Kier alpha value is -3.73. The van der Waals surface area contributed by atoms with Crippen LogP contribution in [-0.2, 0) is 16.1 Å². The highest BCUT2D eigenvalue weighted by atomic mass is 16.7. The first-order valence-electron chi connectivity index (χ1n) is 16.6. The molecule has 0 radical (unpaired) electrons. The molecule has 1 aromatic heterocycles. The molecule has 3 fully saturated rings. The summed E-state index contributed by atoms with van der Waals surface area (Å²) in [6.45, 7) is 7.78. The lowest BCUT2D eigenvalue weighted by molar-refractivity contribution is -0.276. The molecule has 0 aliphatic carbocycles. The summed E-state index contributed by atoms with van der Waals surface area (Å²) in [5.74, 6) is -0.184. The van der Waals surface area contributed by atoms with Crippen LogP contribution < -0.4 is 5.32 Å². The fourth-order valence-corrected chi connectivity index (χ4v) is 7.15. The van der Waals surface area contributed by atoms with E-state index in [-0.39, 0.29) is 36.3 Å². The van der Waals surface area contributed by atoms with Gasteiger partial charge in [-0.2, -0.15) is 0 Å². The minimum Gasteiger partial charge on any atom is -0.392 e. The normalized spacial score (nSPS) is 25.7. The lowest BCUT2D eigenvalue weighted by Gasteiger charge is -2.43. The predicted molar refractivity (Wildman–Crippen MR) is 177 cm³/mol. The number of aromatic nitrogens is 2. The summed E-state index contributed by atoms with van der Waals surface area (Å²) in [6, 6.07) is 23.8. The summed E-state index contributed by atoms with van der Waals surface area (Å²) in [5.41, 5.74) is 5.20. The van der Waals surface area contributed by atoms with Crippen LogP contribution in [0.2, 0.25) is 0 Å². The third-order valence-electron chi connectivity index (χ3n) is 9.83. The topological polar surface area (TPSA) is 100 Å². The van der Waals surface area contributed by atoms with Gasteiger partial charge in [-0.05, 0) is 80.7 Å². The molecule has 9 heteroatoms. The van der Waals surface area contributed by atoms with Crippen LogP contribution in [0.15, 0.2) is 79.0 Å². The summed E-state index contributed by atoms with van der Waals surface area (Å²) in [4.78, 5) is 27.1. The highest BCUT2D eigenvalue weighted by molar-refractivity contribution is 6.03. The van der Waals surface area contributed by atoms with Crippen LogP contribution in [0.4, 0.5) is 5.69 Å². The van der Waals surface area contributed by atoms with Crippen molar-refractivity contribution in [1.82, 2.24) is 19.8 Å². The van der Waals surface area contributed by atoms with E-state index in [2.05, 4.69) is 44.1 Å². The number of carbonyl (C=O) groups is 1. The number of ether oxygens (including phenoxy) is 2. The summed E-state index contributed by atoms with van der Waals surface area (Å²) < 4.78 is 13.5. The van der Waals surface area contributed by atoms with Gasteiger partial charge in [0.1, 0.15) is 5.69 Å². The Morgan fingerprint density at radius 1 is 0.891 bits per heavy atom. The van der Waals surface area contributed by atoms with Gasteiger partial charge in [0, 0.05) is 36.3 Å². The molecule has 240 valence electrons. The second-order valence-electron chi connectivity index (χ2n) is 12.9. The Balaban J connectivity index is 1.08. The zero-order chi connectivity index (χ0) is 31.5. The number of carbonyl (C=O) groups excluding carboxylic acids is 1. The van der Waals surface area contributed by atoms with E-state index in [4.69, 9.17) is 9.47 Å². The fraction of sp³-hybridized carbons (Fsp3) is 0.432. The Morgan fingerprint density at radius 2 is 1.63 bits per heavy atom. The smallest absolute Gasteiger partial charge is 0.275 e. The van der Waals surface area contributed by atoms with Crippen LogP contribution in [-0.4, -0.2) is 75.7 Å². The standard InChI is InChI=1S/C37H43N5O4/c1-25-34(23-42-20-6-7-30(42)22-41-18-4-5-19-41)45-37(46-35(25)27-12-10-26(24-43)11-13-27)28-14-16-29(17-15-28)39-36(44)33-21-38-31-8-2-3-9-32(31)40-33/h2-3,8-17,21,25,30,34-35,37,43H,4-7,18-20,22-24H2,1H3,(H,39,44)/t25-,30+,34+,35+,37+/m1/s1. The molecule has 3 aromatic carbocycles. The maximum Gasteiger partial charge on any atom is 0.275 e. The predicted octanol–water partition coefficient (Wildman–Crippen LogP) is 5.73. The lowest BCUT2D eigenvalue weighted by Crippen LogP contribution is -2.48. The number of aliphatic hydroxyl groups excluding tert-OH is 1. The number of anilines is 1. The van der Waals surface area contributed by atoms with E-state index in [0.29, 0.717) is 17.2 Å². The van der Waals surface area contributed by atoms with E-state index < -0.39 is 6.29 Å². The highest BCUT2D eigenvalue weighted by Gasteiger charge is 2.40. The first-order chi connectivity index (χ1) is 22.5.